The molecule has 0 aliphatic carbocycles. The number of carbonyl (C=O) groups is 3. The SMILES string of the molecule is C[C@H](NC(=O)c1ccccc1NC(=O)COC(=O)c1cccc[n+]1[O-])c1ccccc1. The first-order chi connectivity index (χ1) is 15.0. The fraction of sp³-hybridized carbons (Fsp3) is 0.130. The van der Waals surface area contributed by atoms with Gasteiger partial charge >= 0.3 is 11.7 Å². The highest BCUT2D eigenvalue weighted by Crippen LogP contribution is 2.18. The van der Waals surface area contributed by atoms with Crippen LogP contribution in [0.2, 0.25) is 0 Å². The normalized spacial score (nSPS) is 11.3. The van der Waals surface area contributed by atoms with Gasteiger partial charge in [0.05, 0.1) is 17.3 Å². The van der Waals surface area contributed by atoms with Crippen molar-refractivity contribution >= 4 is 23.5 Å². The summed E-state index contributed by atoms with van der Waals surface area (Å²) in [5.41, 5.74) is 1.26. The molecule has 1 aromatic heterocycles. The average molecular weight is 419 g/mol. The maximum absolute atomic E-state index is 12.7. The quantitative estimate of drug-likeness (QED) is 0.347. The zero-order chi connectivity index (χ0) is 22.2. The second-order valence-electron chi connectivity index (χ2n) is 6.69. The van der Waals surface area contributed by atoms with Gasteiger partial charge in [0.2, 0.25) is 0 Å². The monoisotopic (exact) mass is 419 g/mol. The molecule has 0 saturated carbocycles. The molecule has 1 atom stereocenters. The minimum absolute atomic E-state index is 0.232. The third-order valence-corrected chi connectivity index (χ3v) is 4.46. The van der Waals surface area contributed by atoms with Crippen LogP contribution in [0, 0.1) is 5.21 Å². The van der Waals surface area contributed by atoms with Gasteiger partial charge in [0.15, 0.2) is 12.8 Å². The molecule has 2 N–H and O–H groups in total. The lowest BCUT2D eigenvalue weighted by Gasteiger charge is -2.16. The van der Waals surface area contributed by atoms with Gasteiger partial charge in [-0.1, -0.05) is 42.5 Å². The van der Waals surface area contributed by atoms with Crippen LogP contribution in [0.3, 0.4) is 0 Å². The molecule has 0 unspecified atom stereocenters. The van der Waals surface area contributed by atoms with E-state index in [-0.39, 0.29) is 28.9 Å². The molecule has 0 fully saturated rings. The van der Waals surface area contributed by atoms with Gasteiger partial charge in [-0.3, -0.25) is 9.59 Å². The lowest BCUT2D eigenvalue weighted by atomic mass is 10.1. The van der Waals surface area contributed by atoms with Crippen molar-refractivity contribution in [3.05, 3.63) is 101 Å². The average Bonchev–Trinajstić information content (AvgIpc) is 2.78. The molecule has 1 heterocycles. The Morgan fingerprint density at radius 3 is 2.39 bits per heavy atom. The van der Waals surface area contributed by atoms with Gasteiger partial charge in [0.25, 0.3) is 11.8 Å². The molecule has 0 aliphatic heterocycles. The number of rotatable bonds is 7. The first-order valence-corrected chi connectivity index (χ1v) is 9.55. The Morgan fingerprint density at radius 2 is 1.65 bits per heavy atom. The third kappa shape index (κ3) is 5.66. The number of ether oxygens (including phenoxy) is 1. The van der Waals surface area contributed by atoms with Crippen LogP contribution >= 0.6 is 0 Å². The van der Waals surface area contributed by atoms with Crippen molar-refractivity contribution in [3.63, 3.8) is 0 Å². The van der Waals surface area contributed by atoms with Crippen molar-refractivity contribution in [3.8, 4) is 0 Å². The Kier molecular flexibility index (Phi) is 6.95. The molecule has 0 aliphatic rings. The van der Waals surface area contributed by atoms with Gasteiger partial charge in [-0.15, -0.1) is 0 Å². The van der Waals surface area contributed by atoms with Gasteiger partial charge in [-0.2, -0.15) is 4.73 Å². The molecular formula is C23H21N3O5. The molecule has 8 nitrogen and oxygen atoms in total. The summed E-state index contributed by atoms with van der Waals surface area (Å²) in [6, 6.07) is 20.0. The van der Waals surface area contributed by atoms with Crippen LogP contribution in [0.1, 0.15) is 39.4 Å². The van der Waals surface area contributed by atoms with Crippen LogP contribution in [0.25, 0.3) is 0 Å². The molecule has 0 radical (unpaired) electrons. The molecule has 3 aromatic rings. The van der Waals surface area contributed by atoms with Crippen LogP contribution in [0.4, 0.5) is 5.69 Å². The number of hydrogen-bond acceptors (Lipinski definition) is 5. The van der Waals surface area contributed by atoms with Gasteiger partial charge in [-0.25, -0.2) is 4.79 Å². The molecule has 2 aromatic carbocycles. The Balaban J connectivity index is 1.62. The lowest BCUT2D eigenvalue weighted by molar-refractivity contribution is -0.608. The maximum Gasteiger partial charge on any atom is 0.405 e. The number of anilines is 1. The molecule has 158 valence electrons. The van der Waals surface area contributed by atoms with Crippen molar-refractivity contribution in [1.82, 2.24) is 5.32 Å². The largest absolute Gasteiger partial charge is 0.618 e. The summed E-state index contributed by atoms with van der Waals surface area (Å²) >= 11 is 0. The van der Waals surface area contributed by atoms with Crippen LogP contribution < -0.4 is 15.4 Å². The van der Waals surface area contributed by atoms with E-state index in [1.54, 1.807) is 24.3 Å². The second kappa shape index (κ2) is 10.0. The molecule has 0 saturated heterocycles. The van der Waals surface area contributed by atoms with Crippen LogP contribution in [-0.4, -0.2) is 24.4 Å². The third-order valence-electron chi connectivity index (χ3n) is 4.46. The number of para-hydroxylation sites is 1. The van der Waals surface area contributed by atoms with E-state index < -0.39 is 18.5 Å². The van der Waals surface area contributed by atoms with Crippen molar-refractivity contribution in [2.24, 2.45) is 0 Å². The molecule has 31 heavy (non-hydrogen) atoms. The summed E-state index contributed by atoms with van der Waals surface area (Å²) in [6.45, 7) is 1.25. The van der Waals surface area contributed by atoms with Crippen molar-refractivity contribution in [1.29, 1.82) is 0 Å². The Hall–Kier alpha value is -4.20. The van der Waals surface area contributed by atoms with Crippen LogP contribution in [-0.2, 0) is 9.53 Å². The van der Waals surface area contributed by atoms with E-state index in [0.717, 1.165) is 11.8 Å². The van der Waals surface area contributed by atoms with Gasteiger partial charge in [-0.05, 0) is 30.7 Å². The summed E-state index contributed by atoms with van der Waals surface area (Å²) in [5, 5.41) is 17.0. The van der Waals surface area contributed by atoms with E-state index in [2.05, 4.69) is 10.6 Å². The molecule has 3 rings (SSSR count). The summed E-state index contributed by atoms with van der Waals surface area (Å²) in [6.07, 6.45) is 1.15. The minimum Gasteiger partial charge on any atom is -0.618 e. The molecule has 0 bridgehead atoms. The number of esters is 1. The number of hydrogen-bond donors (Lipinski definition) is 2. The molecule has 8 heteroatoms. The maximum atomic E-state index is 12.7. The van der Waals surface area contributed by atoms with E-state index in [1.165, 1.54) is 18.2 Å². The minimum atomic E-state index is -0.923. The van der Waals surface area contributed by atoms with E-state index in [0.29, 0.717) is 4.73 Å². The molecule has 0 spiro atoms. The zero-order valence-electron chi connectivity index (χ0n) is 16.8. The van der Waals surface area contributed by atoms with E-state index >= 15 is 0 Å². The summed E-state index contributed by atoms with van der Waals surface area (Å²) in [7, 11) is 0. The van der Waals surface area contributed by atoms with E-state index in [1.807, 2.05) is 37.3 Å². The van der Waals surface area contributed by atoms with Crippen molar-refractivity contribution < 1.29 is 23.9 Å². The number of aromatic nitrogens is 1. The fourth-order valence-corrected chi connectivity index (χ4v) is 2.87. The summed E-state index contributed by atoms with van der Waals surface area (Å²) in [5.74, 6) is -1.92. The summed E-state index contributed by atoms with van der Waals surface area (Å²) < 4.78 is 5.25. The number of amides is 2. The fourth-order valence-electron chi connectivity index (χ4n) is 2.87. The van der Waals surface area contributed by atoms with Gasteiger partial charge < -0.3 is 20.6 Å². The number of carbonyl (C=O) groups excluding carboxylic acids is 3. The number of nitrogens with zero attached hydrogens (tertiary/aromatic N) is 1. The zero-order valence-corrected chi connectivity index (χ0v) is 16.8. The van der Waals surface area contributed by atoms with Gasteiger partial charge in [0.1, 0.15) is 0 Å². The van der Waals surface area contributed by atoms with Crippen molar-refractivity contribution in [2.75, 3.05) is 11.9 Å². The number of pyridine rings is 1. The first-order valence-electron chi connectivity index (χ1n) is 9.55. The molecule has 2 amide bonds. The van der Waals surface area contributed by atoms with Crippen LogP contribution in [0.15, 0.2) is 79.0 Å². The number of nitrogens with one attached hydrogen (secondary N) is 2. The topological polar surface area (TPSA) is 111 Å². The molecular weight excluding hydrogens is 398 g/mol. The highest BCUT2D eigenvalue weighted by molar-refractivity contribution is 6.04. The lowest BCUT2D eigenvalue weighted by Crippen LogP contribution is -2.35. The van der Waals surface area contributed by atoms with E-state index in [4.69, 9.17) is 4.74 Å². The Labute approximate surface area is 179 Å². The van der Waals surface area contributed by atoms with Crippen LogP contribution in [0.5, 0.6) is 0 Å². The Morgan fingerprint density at radius 1 is 0.968 bits per heavy atom. The van der Waals surface area contributed by atoms with Gasteiger partial charge in [0, 0.05) is 12.1 Å². The second-order valence-corrected chi connectivity index (χ2v) is 6.69. The number of benzene rings is 2. The smallest absolute Gasteiger partial charge is 0.405 e. The first kappa shape index (κ1) is 21.5. The van der Waals surface area contributed by atoms with E-state index in [9.17, 15) is 19.6 Å². The highest BCUT2D eigenvalue weighted by atomic mass is 16.5. The standard InChI is InChI=1S/C23H21N3O5/c1-16(17-9-3-2-4-10-17)24-22(28)18-11-5-6-12-19(18)25-21(27)15-31-23(29)20-13-7-8-14-26(20)30/h2-14,16H,15H2,1H3,(H,24,28)(H,25,27)/t16-/m0/s1. The summed E-state index contributed by atoms with van der Waals surface area (Å²) in [4.78, 5) is 36.9. The van der Waals surface area contributed by atoms with Crippen molar-refractivity contribution in [2.45, 2.75) is 13.0 Å². The Bertz CT molecular complexity index is 1090. The predicted octanol–water partition coefficient (Wildman–Crippen LogP) is 2.61. The predicted molar refractivity (Wildman–Crippen MR) is 113 cm³/mol. The highest BCUT2D eigenvalue weighted by Gasteiger charge is 2.20.